The van der Waals surface area contributed by atoms with Crippen LogP contribution in [0.1, 0.15) is 15.6 Å². The Morgan fingerprint density at radius 1 is 1.56 bits per heavy atom. The summed E-state index contributed by atoms with van der Waals surface area (Å²) in [6.07, 6.45) is 0.902. The van der Waals surface area contributed by atoms with Gasteiger partial charge in [-0.2, -0.15) is 0 Å². The first-order chi connectivity index (χ1) is 7.56. The smallest absolute Gasteiger partial charge is 0.237 e. The molecule has 0 saturated heterocycles. The molecule has 1 aliphatic heterocycles. The van der Waals surface area contributed by atoms with Crippen LogP contribution in [0.4, 0.5) is 0 Å². The molecule has 4 nitrogen and oxygen atoms in total. The van der Waals surface area contributed by atoms with E-state index in [1.54, 1.807) is 11.3 Å². The fourth-order valence-corrected chi connectivity index (χ4v) is 2.91. The van der Waals surface area contributed by atoms with Crippen molar-refractivity contribution >= 4 is 17.2 Å². The number of aromatic nitrogens is 1. The number of thiazole rings is 1. The first-order valence-electron chi connectivity index (χ1n) is 5.44. The van der Waals surface area contributed by atoms with Gasteiger partial charge in [0.15, 0.2) is 0 Å². The number of fused-ring (bicyclic) bond motifs is 1. The zero-order valence-electron chi connectivity index (χ0n) is 9.99. The van der Waals surface area contributed by atoms with Gasteiger partial charge in [-0.3, -0.25) is 4.79 Å². The van der Waals surface area contributed by atoms with Crippen molar-refractivity contribution in [3.8, 4) is 0 Å². The van der Waals surface area contributed by atoms with E-state index in [9.17, 15) is 4.79 Å². The molecule has 1 amide bonds. The van der Waals surface area contributed by atoms with Crippen molar-refractivity contribution in [3.63, 3.8) is 0 Å². The van der Waals surface area contributed by atoms with E-state index in [2.05, 4.69) is 4.98 Å². The van der Waals surface area contributed by atoms with Gasteiger partial charge in [0.1, 0.15) is 0 Å². The fraction of sp³-hybridized carbons (Fsp3) is 0.636. The minimum atomic E-state index is 0.210. The van der Waals surface area contributed by atoms with Gasteiger partial charge in [-0.25, -0.2) is 4.98 Å². The number of hydrogen-bond donors (Lipinski definition) is 0. The number of aryl methyl sites for hydroxylation is 1. The molecule has 0 saturated carbocycles. The topological polar surface area (TPSA) is 36.4 Å². The van der Waals surface area contributed by atoms with Crippen LogP contribution in [0.5, 0.6) is 0 Å². The van der Waals surface area contributed by atoms with Crippen LogP contribution >= 0.6 is 11.3 Å². The van der Waals surface area contributed by atoms with Crippen molar-refractivity contribution < 1.29 is 4.79 Å². The van der Waals surface area contributed by atoms with Crippen molar-refractivity contribution in [2.75, 3.05) is 27.2 Å². The highest BCUT2D eigenvalue weighted by Crippen LogP contribution is 2.24. The molecule has 1 aliphatic rings. The molecule has 0 bridgehead atoms. The monoisotopic (exact) mass is 239 g/mol. The van der Waals surface area contributed by atoms with E-state index in [-0.39, 0.29) is 5.91 Å². The summed E-state index contributed by atoms with van der Waals surface area (Å²) in [5.41, 5.74) is 1.19. The molecule has 0 aliphatic carbocycles. The molecule has 2 heterocycles. The molecular formula is C11H17N3OS. The summed E-state index contributed by atoms with van der Waals surface area (Å²) >= 11 is 1.71. The van der Waals surface area contributed by atoms with Crippen molar-refractivity contribution in [2.24, 2.45) is 0 Å². The van der Waals surface area contributed by atoms with E-state index in [0.717, 1.165) is 24.5 Å². The Kier molecular flexibility index (Phi) is 3.25. The molecule has 1 aromatic rings. The Morgan fingerprint density at radius 2 is 2.31 bits per heavy atom. The summed E-state index contributed by atoms with van der Waals surface area (Å²) in [4.78, 5) is 21.5. The molecule has 0 aromatic carbocycles. The summed E-state index contributed by atoms with van der Waals surface area (Å²) in [6, 6.07) is 0. The van der Waals surface area contributed by atoms with E-state index in [1.165, 1.54) is 10.6 Å². The molecular weight excluding hydrogens is 222 g/mol. The molecule has 1 aromatic heterocycles. The second kappa shape index (κ2) is 4.51. The van der Waals surface area contributed by atoms with Gasteiger partial charge < -0.3 is 9.80 Å². The standard InChI is InChI=1S/C11H17N3OS/c1-8-12-9-4-5-14(6-10(9)16-8)11(15)7-13(2)3/h4-7H2,1-3H3. The molecule has 16 heavy (non-hydrogen) atoms. The molecule has 88 valence electrons. The zero-order valence-corrected chi connectivity index (χ0v) is 10.8. The molecule has 0 fully saturated rings. The largest absolute Gasteiger partial charge is 0.336 e. The number of rotatable bonds is 2. The van der Waals surface area contributed by atoms with Crippen LogP contribution in [0.3, 0.4) is 0 Å². The summed E-state index contributed by atoms with van der Waals surface area (Å²) in [7, 11) is 3.84. The number of carbonyl (C=O) groups excluding carboxylic acids is 1. The van der Waals surface area contributed by atoms with Crippen LogP contribution in [-0.2, 0) is 17.8 Å². The lowest BCUT2D eigenvalue weighted by Crippen LogP contribution is -2.40. The highest BCUT2D eigenvalue weighted by molar-refractivity contribution is 7.11. The van der Waals surface area contributed by atoms with Crippen molar-refractivity contribution in [1.29, 1.82) is 0 Å². The average molecular weight is 239 g/mol. The van der Waals surface area contributed by atoms with E-state index in [0.29, 0.717) is 6.54 Å². The normalized spacial score (nSPS) is 15.4. The van der Waals surface area contributed by atoms with E-state index >= 15 is 0 Å². The second-order valence-electron chi connectivity index (χ2n) is 4.41. The minimum Gasteiger partial charge on any atom is -0.336 e. The maximum atomic E-state index is 11.9. The number of hydrogen-bond acceptors (Lipinski definition) is 4. The summed E-state index contributed by atoms with van der Waals surface area (Å²) in [5.74, 6) is 0.210. The third kappa shape index (κ3) is 2.41. The van der Waals surface area contributed by atoms with E-state index in [4.69, 9.17) is 0 Å². The number of likely N-dealkylation sites (N-methyl/N-ethyl adjacent to an activating group) is 1. The summed E-state index contributed by atoms with van der Waals surface area (Å²) < 4.78 is 0. The van der Waals surface area contributed by atoms with Gasteiger partial charge in [-0.15, -0.1) is 11.3 Å². The van der Waals surface area contributed by atoms with Crippen molar-refractivity contribution in [3.05, 3.63) is 15.6 Å². The lowest BCUT2D eigenvalue weighted by molar-refractivity contribution is -0.132. The molecule has 2 rings (SSSR count). The SMILES string of the molecule is Cc1nc2c(s1)CN(C(=O)CN(C)C)CC2. The molecule has 5 heteroatoms. The highest BCUT2D eigenvalue weighted by Gasteiger charge is 2.23. The molecule has 0 N–H and O–H groups in total. The van der Waals surface area contributed by atoms with Gasteiger partial charge in [0.2, 0.25) is 5.91 Å². The maximum Gasteiger partial charge on any atom is 0.237 e. The minimum absolute atomic E-state index is 0.210. The quantitative estimate of drug-likeness (QED) is 0.769. The number of carbonyl (C=O) groups is 1. The predicted molar refractivity (Wildman–Crippen MR) is 64.5 cm³/mol. The van der Waals surface area contributed by atoms with Gasteiger partial charge in [0, 0.05) is 17.8 Å². The van der Waals surface area contributed by atoms with Crippen LogP contribution < -0.4 is 0 Å². The second-order valence-corrected chi connectivity index (χ2v) is 5.69. The summed E-state index contributed by atoms with van der Waals surface area (Å²) in [5, 5.41) is 1.10. The first-order valence-corrected chi connectivity index (χ1v) is 6.25. The third-order valence-corrected chi connectivity index (χ3v) is 3.64. The Bertz CT molecular complexity index is 400. The first kappa shape index (κ1) is 11.5. The van der Waals surface area contributed by atoms with Crippen molar-refractivity contribution in [2.45, 2.75) is 19.9 Å². The van der Waals surface area contributed by atoms with Gasteiger partial charge in [-0.1, -0.05) is 0 Å². The molecule has 0 radical (unpaired) electrons. The third-order valence-electron chi connectivity index (χ3n) is 2.64. The van der Waals surface area contributed by atoms with Gasteiger partial charge in [0.05, 0.1) is 23.8 Å². The maximum absolute atomic E-state index is 11.9. The Hall–Kier alpha value is -0.940. The van der Waals surface area contributed by atoms with Crippen LogP contribution in [0, 0.1) is 6.92 Å². The van der Waals surface area contributed by atoms with Gasteiger partial charge in [0.25, 0.3) is 0 Å². The molecule has 0 atom stereocenters. The number of amides is 1. The Labute approximate surface area is 99.9 Å². The van der Waals surface area contributed by atoms with E-state index < -0.39 is 0 Å². The lowest BCUT2D eigenvalue weighted by atomic mass is 10.2. The molecule has 0 unspecified atom stereocenters. The highest BCUT2D eigenvalue weighted by atomic mass is 32.1. The van der Waals surface area contributed by atoms with Crippen molar-refractivity contribution in [1.82, 2.24) is 14.8 Å². The van der Waals surface area contributed by atoms with Crippen LogP contribution in [-0.4, -0.2) is 47.9 Å². The average Bonchev–Trinajstić information content (AvgIpc) is 2.55. The number of nitrogens with zero attached hydrogens (tertiary/aromatic N) is 3. The Morgan fingerprint density at radius 3 is 3.00 bits per heavy atom. The van der Waals surface area contributed by atoms with Crippen LogP contribution in [0.25, 0.3) is 0 Å². The van der Waals surface area contributed by atoms with Crippen LogP contribution in [0.15, 0.2) is 0 Å². The van der Waals surface area contributed by atoms with Gasteiger partial charge in [-0.05, 0) is 21.0 Å². The van der Waals surface area contributed by atoms with Crippen LogP contribution in [0.2, 0.25) is 0 Å². The Balaban J connectivity index is 2.04. The van der Waals surface area contributed by atoms with Gasteiger partial charge >= 0.3 is 0 Å². The fourth-order valence-electron chi connectivity index (χ4n) is 1.91. The molecule has 0 spiro atoms. The van der Waals surface area contributed by atoms with E-state index in [1.807, 2.05) is 30.8 Å². The predicted octanol–water partition coefficient (Wildman–Crippen LogP) is 0.898. The summed E-state index contributed by atoms with van der Waals surface area (Å²) in [6.45, 7) is 4.07. The zero-order chi connectivity index (χ0) is 11.7. The lowest BCUT2D eigenvalue weighted by Gasteiger charge is -2.27.